The Morgan fingerprint density at radius 1 is 1.58 bits per heavy atom. The molecular formula is C13H16N4OS. The van der Waals surface area contributed by atoms with Crippen molar-refractivity contribution in [2.75, 3.05) is 6.54 Å². The van der Waals surface area contributed by atoms with Gasteiger partial charge in [0.1, 0.15) is 10.7 Å². The summed E-state index contributed by atoms with van der Waals surface area (Å²) in [6.45, 7) is 3.57. The lowest BCUT2D eigenvalue weighted by molar-refractivity contribution is 0.0948. The minimum absolute atomic E-state index is 0.00563. The Bertz CT molecular complexity index is 589. The third-order valence-corrected chi connectivity index (χ3v) is 4.48. The number of aryl methyl sites for hydroxylation is 2. The zero-order chi connectivity index (χ0) is 13.2. The van der Waals surface area contributed by atoms with Gasteiger partial charge >= 0.3 is 0 Å². The van der Waals surface area contributed by atoms with Crippen LogP contribution in [0.5, 0.6) is 0 Å². The fraction of sp³-hybridized carbons (Fsp3) is 0.462. The fourth-order valence-electron chi connectivity index (χ4n) is 2.43. The van der Waals surface area contributed by atoms with Crippen LogP contribution in [0.4, 0.5) is 0 Å². The fourth-order valence-corrected chi connectivity index (χ4v) is 3.15. The van der Waals surface area contributed by atoms with Crippen molar-refractivity contribution < 1.29 is 4.79 Å². The maximum Gasteiger partial charge on any atom is 0.263 e. The predicted octanol–water partition coefficient (Wildman–Crippen LogP) is 1.64. The van der Waals surface area contributed by atoms with Crippen LogP contribution >= 0.6 is 11.3 Å². The second-order valence-corrected chi connectivity index (χ2v) is 5.73. The maximum atomic E-state index is 12.0. The summed E-state index contributed by atoms with van der Waals surface area (Å²) in [5.41, 5.74) is 2.52. The molecule has 3 rings (SSSR count). The van der Waals surface area contributed by atoms with Gasteiger partial charge in [-0.05, 0) is 19.3 Å². The number of carbonyl (C=O) groups excluding carboxylic acids is 1. The van der Waals surface area contributed by atoms with Gasteiger partial charge in [-0.2, -0.15) is 0 Å². The average molecular weight is 276 g/mol. The van der Waals surface area contributed by atoms with Gasteiger partial charge in [0, 0.05) is 31.9 Å². The Labute approximate surface area is 115 Å². The van der Waals surface area contributed by atoms with Gasteiger partial charge in [0.05, 0.1) is 11.2 Å². The first-order valence-electron chi connectivity index (χ1n) is 6.42. The third kappa shape index (κ3) is 2.53. The summed E-state index contributed by atoms with van der Waals surface area (Å²) < 4.78 is 2.19. The van der Waals surface area contributed by atoms with Crippen molar-refractivity contribution in [3.63, 3.8) is 0 Å². The highest BCUT2D eigenvalue weighted by molar-refractivity contribution is 7.11. The van der Waals surface area contributed by atoms with Crippen LogP contribution in [0.25, 0.3) is 0 Å². The van der Waals surface area contributed by atoms with Crippen LogP contribution in [0.15, 0.2) is 17.9 Å². The molecule has 1 atom stereocenters. The van der Waals surface area contributed by atoms with E-state index < -0.39 is 0 Å². The van der Waals surface area contributed by atoms with Crippen LogP contribution in [0, 0.1) is 12.8 Å². The second kappa shape index (κ2) is 5.13. The quantitative estimate of drug-likeness (QED) is 0.927. The minimum atomic E-state index is -0.00563. The highest BCUT2D eigenvalue weighted by Gasteiger charge is 2.20. The van der Waals surface area contributed by atoms with E-state index >= 15 is 0 Å². The van der Waals surface area contributed by atoms with E-state index in [0.29, 0.717) is 12.5 Å². The number of imidazole rings is 1. The molecule has 6 heteroatoms. The van der Waals surface area contributed by atoms with Crippen molar-refractivity contribution in [3.8, 4) is 0 Å². The molecule has 0 aliphatic carbocycles. The van der Waals surface area contributed by atoms with Crippen LogP contribution < -0.4 is 5.32 Å². The molecule has 1 N–H and O–H groups in total. The van der Waals surface area contributed by atoms with Gasteiger partial charge in [0.25, 0.3) is 5.91 Å². The Morgan fingerprint density at radius 3 is 3.26 bits per heavy atom. The third-order valence-electron chi connectivity index (χ3n) is 3.55. The lowest BCUT2D eigenvalue weighted by atomic mass is 9.98. The van der Waals surface area contributed by atoms with Gasteiger partial charge in [-0.15, -0.1) is 11.3 Å². The van der Waals surface area contributed by atoms with Crippen LogP contribution in [-0.2, 0) is 13.0 Å². The van der Waals surface area contributed by atoms with Crippen LogP contribution in [-0.4, -0.2) is 27.0 Å². The summed E-state index contributed by atoms with van der Waals surface area (Å²) in [4.78, 5) is 21.2. The van der Waals surface area contributed by atoms with E-state index in [1.807, 2.05) is 19.3 Å². The molecule has 0 fully saturated rings. The largest absolute Gasteiger partial charge is 0.351 e. The first-order valence-corrected chi connectivity index (χ1v) is 7.30. The number of nitrogens with one attached hydrogen (secondary N) is 1. The molecule has 3 heterocycles. The van der Waals surface area contributed by atoms with E-state index in [2.05, 4.69) is 19.9 Å². The van der Waals surface area contributed by atoms with E-state index in [-0.39, 0.29) is 5.91 Å². The van der Waals surface area contributed by atoms with E-state index in [9.17, 15) is 4.79 Å². The Balaban J connectivity index is 1.56. The summed E-state index contributed by atoms with van der Waals surface area (Å²) in [5, 5.41) is 3.01. The molecule has 0 saturated carbocycles. The van der Waals surface area contributed by atoms with Gasteiger partial charge in [-0.1, -0.05) is 0 Å². The van der Waals surface area contributed by atoms with Gasteiger partial charge in [-0.3, -0.25) is 4.79 Å². The summed E-state index contributed by atoms with van der Waals surface area (Å²) >= 11 is 1.39. The van der Waals surface area contributed by atoms with Gasteiger partial charge in [0.15, 0.2) is 0 Å². The van der Waals surface area contributed by atoms with Crippen molar-refractivity contribution >= 4 is 17.2 Å². The number of nitrogens with zero attached hydrogens (tertiary/aromatic N) is 3. The highest BCUT2D eigenvalue weighted by Crippen LogP contribution is 2.19. The predicted molar refractivity (Wildman–Crippen MR) is 73.2 cm³/mol. The molecule has 100 valence electrons. The van der Waals surface area contributed by atoms with E-state index in [4.69, 9.17) is 0 Å². The summed E-state index contributed by atoms with van der Waals surface area (Å²) in [6, 6.07) is 0. The molecule has 19 heavy (non-hydrogen) atoms. The smallest absolute Gasteiger partial charge is 0.263 e. The molecule has 2 aromatic rings. The molecule has 0 aromatic carbocycles. The lowest BCUT2D eigenvalue weighted by Gasteiger charge is -2.23. The molecule has 0 radical (unpaired) electrons. The number of hydrogen-bond donors (Lipinski definition) is 1. The van der Waals surface area contributed by atoms with Crippen molar-refractivity contribution in [2.45, 2.75) is 26.3 Å². The molecular weight excluding hydrogens is 260 g/mol. The molecule has 1 amide bonds. The second-order valence-electron chi connectivity index (χ2n) is 4.87. The number of aromatic nitrogens is 3. The summed E-state index contributed by atoms with van der Waals surface area (Å²) in [5.74, 6) is 1.60. The highest BCUT2D eigenvalue weighted by atomic mass is 32.1. The van der Waals surface area contributed by atoms with Crippen LogP contribution in [0.1, 0.15) is 27.6 Å². The topological polar surface area (TPSA) is 59.8 Å². The van der Waals surface area contributed by atoms with Crippen molar-refractivity contribution in [3.05, 3.63) is 34.3 Å². The van der Waals surface area contributed by atoms with E-state index in [0.717, 1.165) is 35.8 Å². The zero-order valence-electron chi connectivity index (χ0n) is 10.8. The SMILES string of the molecule is Cc1ncsc1C(=O)NC[C@@H]1CCn2ccnc2C1. The molecule has 1 aliphatic heterocycles. The molecule has 0 saturated heterocycles. The Hall–Kier alpha value is -1.69. The standard InChI is InChI=1S/C13H16N4OS/c1-9-12(19-8-16-9)13(18)15-7-10-2-4-17-5-3-14-11(17)6-10/h3,5,8,10H,2,4,6-7H2,1H3,(H,15,18)/t10-/m1/s1. The normalized spacial score (nSPS) is 18.1. The van der Waals surface area contributed by atoms with Crippen molar-refractivity contribution in [2.24, 2.45) is 5.92 Å². The average Bonchev–Trinajstić information content (AvgIpc) is 3.03. The zero-order valence-corrected chi connectivity index (χ0v) is 11.6. The number of amides is 1. The van der Waals surface area contributed by atoms with Crippen molar-refractivity contribution in [1.29, 1.82) is 0 Å². The molecule has 1 aliphatic rings. The number of hydrogen-bond acceptors (Lipinski definition) is 4. The minimum Gasteiger partial charge on any atom is -0.351 e. The lowest BCUT2D eigenvalue weighted by Crippen LogP contribution is -2.33. The van der Waals surface area contributed by atoms with Crippen molar-refractivity contribution in [1.82, 2.24) is 19.9 Å². The number of rotatable bonds is 3. The first-order chi connectivity index (χ1) is 9.24. The number of fused-ring (bicyclic) bond motifs is 1. The van der Waals surface area contributed by atoms with Gasteiger partial charge in [-0.25, -0.2) is 9.97 Å². The molecule has 0 bridgehead atoms. The summed E-state index contributed by atoms with van der Waals surface area (Å²) in [6.07, 6.45) is 5.89. The number of thiazole rings is 1. The van der Waals surface area contributed by atoms with Crippen LogP contribution in [0.2, 0.25) is 0 Å². The Kier molecular flexibility index (Phi) is 3.33. The summed E-state index contributed by atoms with van der Waals surface area (Å²) in [7, 11) is 0. The van der Waals surface area contributed by atoms with Crippen LogP contribution in [0.3, 0.4) is 0 Å². The monoisotopic (exact) mass is 276 g/mol. The van der Waals surface area contributed by atoms with Gasteiger partial charge in [0.2, 0.25) is 0 Å². The number of carbonyl (C=O) groups is 1. The first kappa shape index (κ1) is 12.3. The Morgan fingerprint density at radius 2 is 2.47 bits per heavy atom. The molecule has 0 unspecified atom stereocenters. The molecule has 0 spiro atoms. The van der Waals surface area contributed by atoms with Gasteiger partial charge < -0.3 is 9.88 Å². The maximum absolute atomic E-state index is 12.0. The van der Waals surface area contributed by atoms with E-state index in [1.54, 1.807) is 5.51 Å². The van der Waals surface area contributed by atoms with E-state index in [1.165, 1.54) is 11.3 Å². The molecule has 2 aromatic heterocycles. The molecule has 5 nitrogen and oxygen atoms in total.